The number of carboxylic acid groups (broad SMARTS) is 1. The Morgan fingerprint density at radius 3 is 2.55 bits per heavy atom. The summed E-state index contributed by atoms with van der Waals surface area (Å²) in [6.07, 6.45) is 1.20. The van der Waals surface area contributed by atoms with Gasteiger partial charge in [-0.2, -0.15) is 4.98 Å². The van der Waals surface area contributed by atoms with Gasteiger partial charge in [0.1, 0.15) is 5.69 Å². The summed E-state index contributed by atoms with van der Waals surface area (Å²) in [5, 5.41) is 15.5. The van der Waals surface area contributed by atoms with E-state index in [1.165, 1.54) is 18.5 Å². The van der Waals surface area contributed by atoms with Crippen molar-refractivity contribution in [3.8, 4) is 0 Å². The van der Waals surface area contributed by atoms with Crippen molar-refractivity contribution in [2.24, 2.45) is 5.92 Å². The highest BCUT2D eigenvalue weighted by Gasteiger charge is 2.24. The summed E-state index contributed by atoms with van der Waals surface area (Å²) in [6.45, 7) is 5.36. The van der Waals surface area contributed by atoms with Crippen LogP contribution in [0.5, 0.6) is 0 Å². The first-order chi connectivity index (χ1) is 10.4. The number of aryl methyl sites for hydroxylation is 1. The molecule has 2 aromatic heterocycles. The van der Waals surface area contributed by atoms with E-state index in [0.717, 1.165) is 0 Å². The molecule has 2 N–H and O–H groups in total. The highest BCUT2D eigenvalue weighted by atomic mass is 16.5. The molecule has 0 saturated heterocycles. The highest BCUT2D eigenvalue weighted by Crippen LogP contribution is 2.18. The van der Waals surface area contributed by atoms with Crippen molar-refractivity contribution in [3.05, 3.63) is 41.3 Å². The Bertz CT molecular complexity index is 682. The monoisotopic (exact) mass is 304 g/mol. The van der Waals surface area contributed by atoms with E-state index in [1.54, 1.807) is 6.92 Å². The second kappa shape index (κ2) is 6.33. The van der Waals surface area contributed by atoms with E-state index in [1.807, 2.05) is 13.8 Å². The zero-order valence-electron chi connectivity index (χ0n) is 12.4. The minimum Gasteiger partial charge on any atom is -0.478 e. The van der Waals surface area contributed by atoms with Crippen LogP contribution in [-0.2, 0) is 0 Å². The maximum atomic E-state index is 12.3. The lowest BCUT2D eigenvalue weighted by atomic mass is 10.0. The number of rotatable bonds is 5. The van der Waals surface area contributed by atoms with Crippen LogP contribution in [0.4, 0.5) is 0 Å². The van der Waals surface area contributed by atoms with Crippen LogP contribution in [0.1, 0.15) is 52.3 Å². The van der Waals surface area contributed by atoms with Crippen LogP contribution in [0.3, 0.4) is 0 Å². The molecule has 2 aromatic rings. The van der Waals surface area contributed by atoms with Crippen LogP contribution >= 0.6 is 0 Å². The fourth-order valence-electron chi connectivity index (χ4n) is 1.97. The third kappa shape index (κ3) is 3.27. The summed E-state index contributed by atoms with van der Waals surface area (Å²) in [6, 6.07) is 2.31. The van der Waals surface area contributed by atoms with Crippen molar-refractivity contribution in [2.75, 3.05) is 0 Å². The van der Waals surface area contributed by atoms with Gasteiger partial charge in [-0.1, -0.05) is 19.0 Å². The van der Waals surface area contributed by atoms with Crippen molar-refractivity contribution in [1.29, 1.82) is 0 Å². The van der Waals surface area contributed by atoms with Gasteiger partial charge in [-0.3, -0.25) is 4.79 Å². The van der Waals surface area contributed by atoms with E-state index in [-0.39, 0.29) is 22.9 Å². The quantitative estimate of drug-likeness (QED) is 0.861. The molecule has 0 saturated carbocycles. The molecule has 0 aliphatic heterocycles. The van der Waals surface area contributed by atoms with Gasteiger partial charge in [0.2, 0.25) is 6.39 Å². The summed E-state index contributed by atoms with van der Waals surface area (Å²) in [5.41, 5.74) is 0.479. The van der Waals surface area contributed by atoms with Gasteiger partial charge >= 0.3 is 5.97 Å². The Morgan fingerprint density at radius 2 is 2.05 bits per heavy atom. The van der Waals surface area contributed by atoms with Crippen LogP contribution in [0, 0.1) is 12.8 Å². The van der Waals surface area contributed by atoms with E-state index in [4.69, 9.17) is 9.63 Å². The van der Waals surface area contributed by atoms with E-state index in [2.05, 4.69) is 20.4 Å². The summed E-state index contributed by atoms with van der Waals surface area (Å²) in [7, 11) is 0. The average molecular weight is 304 g/mol. The normalized spacial score (nSPS) is 12.2. The molecule has 2 heterocycles. The molecule has 8 nitrogen and oxygen atoms in total. The first kappa shape index (κ1) is 15.6. The minimum absolute atomic E-state index is 0.0425. The van der Waals surface area contributed by atoms with Crippen molar-refractivity contribution in [3.63, 3.8) is 0 Å². The Morgan fingerprint density at radius 1 is 1.32 bits per heavy atom. The first-order valence-corrected chi connectivity index (χ1v) is 6.68. The van der Waals surface area contributed by atoms with Crippen LogP contribution in [0.2, 0.25) is 0 Å². The van der Waals surface area contributed by atoms with Crippen LogP contribution in [-0.4, -0.2) is 32.1 Å². The predicted molar refractivity (Wildman–Crippen MR) is 75.3 cm³/mol. The van der Waals surface area contributed by atoms with Crippen LogP contribution in [0.15, 0.2) is 23.0 Å². The maximum Gasteiger partial charge on any atom is 0.337 e. The molecule has 0 bridgehead atoms. The standard InChI is InChI=1S/C14H16N4O4/c1-7(2)11(12-15-6-22-18-12)17-13(19)10-5-4-9(14(20)21)8(3)16-10/h4-7,11H,1-3H3,(H,17,19)(H,20,21). The van der Waals surface area contributed by atoms with Crippen LogP contribution in [0.25, 0.3) is 0 Å². The Labute approximate surface area is 126 Å². The summed E-state index contributed by atoms with van der Waals surface area (Å²) < 4.78 is 4.70. The van der Waals surface area contributed by atoms with Gasteiger partial charge in [-0.05, 0) is 25.0 Å². The molecule has 0 fully saturated rings. The van der Waals surface area contributed by atoms with Gasteiger partial charge < -0.3 is 14.9 Å². The molecule has 0 spiro atoms. The molecular weight excluding hydrogens is 288 g/mol. The molecular formula is C14H16N4O4. The largest absolute Gasteiger partial charge is 0.478 e. The lowest BCUT2D eigenvalue weighted by Crippen LogP contribution is -2.33. The number of nitrogens with zero attached hydrogens (tertiary/aromatic N) is 3. The minimum atomic E-state index is -1.08. The number of carbonyl (C=O) groups excluding carboxylic acids is 1. The molecule has 22 heavy (non-hydrogen) atoms. The third-order valence-corrected chi connectivity index (χ3v) is 3.16. The second-order valence-electron chi connectivity index (χ2n) is 5.12. The fraction of sp³-hybridized carbons (Fsp3) is 0.357. The van der Waals surface area contributed by atoms with Crippen molar-refractivity contribution in [2.45, 2.75) is 26.8 Å². The molecule has 0 aliphatic rings. The van der Waals surface area contributed by atoms with Crippen molar-refractivity contribution < 1.29 is 19.2 Å². The van der Waals surface area contributed by atoms with Gasteiger partial charge in [0, 0.05) is 0 Å². The van der Waals surface area contributed by atoms with Crippen LogP contribution < -0.4 is 5.32 Å². The van der Waals surface area contributed by atoms with Gasteiger partial charge in [-0.15, -0.1) is 0 Å². The third-order valence-electron chi connectivity index (χ3n) is 3.16. The molecule has 116 valence electrons. The molecule has 0 aromatic carbocycles. The van der Waals surface area contributed by atoms with Crippen molar-refractivity contribution in [1.82, 2.24) is 20.4 Å². The zero-order chi connectivity index (χ0) is 16.3. The molecule has 0 radical (unpaired) electrons. The Hall–Kier alpha value is -2.77. The first-order valence-electron chi connectivity index (χ1n) is 6.68. The number of pyridine rings is 1. The lowest BCUT2D eigenvalue weighted by molar-refractivity contribution is 0.0694. The van der Waals surface area contributed by atoms with E-state index < -0.39 is 17.9 Å². The number of aromatic carboxylic acids is 1. The molecule has 1 atom stereocenters. The highest BCUT2D eigenvalue weighted by molar-refractivity contribution is 5.94. The molecule has 0 aliphatic carbocycles. The number of carboxylic acids is 1. The van der Waals surface area contributed by atoms with Crippen molar-refractivity contribution >= 4 is 11.9 Å². The van der Waals surface area contributed by atoms with Gasteiger partial charge in [0.15, 0.2) is 5.82 Å². The number of hydrogen-bond donors (Lipinski definition) is 2. The number of hydrogen-bond acceptors (Lipinski definition) is 6. The molecule has 8 heteroatoms. The summed E-state index contributed by atoms with van der Waals surface area (Å²) in [5.74, 6) is -1.09. The van der Waals surface area contributed by atoms with E-state index in [0.29, 0.717) is 5.82 Å². The zero-order valence-corrected chi connectivity index (χ0v) is 12.4. The predicted octanol–water partition coefficient (Wildman–Crippen LogP) is 1.60. The van der Waals surface area contributed by atoms with Gasteiger partial charge in [-0.25, -0.2) is 9.78 Å². The van der Waals surface area contributed by atoms with E-state index in [9.17, 15) is 9.59 Å². The van der Waals surface area contributed by atoms with Gasteiger partial charge in [0.05, 0.1) is 17.3 Å². The summed E-state index contributed by atoms with van der Waals surface area (Å²) in [4.78, 5) is 31.2. The fourth-order valence-corrected chi connectivity index (χ4v) is 1.97. The van der Waals surface area contributed by atoms with E-state index >= 15 is 0 Å². The smallest absolute Gasteiger partial charge is 0.337 e. The molecule has 1 unspecified atom stereocenters. The lowest BCUT2D eigenvalue weighted by Gasteiger charge is -2.18. The maximum absolute atomic E-state index is 12.3. The topological polar surface area (TPSA) is 118 Å². The Balaban J connectivity index is 2.21. The van der Waals surface area contributed by atoms with Gasteiger partial charge in [0.25, 0.3) is 5.91 Å². The number of aromatic nitrogens is 3. The summed E-state index contributed by atoms with van der Waals surface area (Å²) >= 11 is 0. The molecule has 2 rings (SSSR count). The number of carbonyl (C=O) groups is 2. The average Bonchev–Trinajstić information content (AvgIpc) is 2.97. The Kier molecular flexibility index (Phi) is 4.50. The SMILES string of the molecule is Cc1nc(C(=O)NC(c2ncon2)C(C)C)ccc1C(=O)O. The second-order valence-corrected chi connectivity index (χ2v) is 5.12. The number of amides is 1. The molecule has 1 amide bonds. The number of nitrogens with one attached hydrogen (secondary N) is 1.